The Morgan fingerprint density at radius 2 is 2.12 bits per heavy atom. The summed E-state index contributed by atoms with van der Waals surface area (Å²) in [7, 11) is 0. The average Bonchev–Trinajstić information content (AvgIpc) is 3.22. The lowest BCUT2D eigenvalue weighted by atomic mass is 10.1. The maximum absolute atomic E-state index is 12.0. The number of hydrogen-bond acceptors (Lipinski definition) is 6. The lowest BCUT2D eigenvalue weighted by Crippen LogP contribution is -2.47. The van der Waals surface area contributed by atoms with Gasteiger partial charge in [0, 0.05) is 24.5 Å². The standard InChI is InChI=1S/C17H21N5O4/c18-12-2-1-3-13(12)22-17(25)21-6-9-4-5-14(26-9)10-7-20-8-11(15(10)19)16(23)24/h4-5,7-8,12-13H,1-3,6,18H2,(H2,19,20)(H,23,24)(H2,21,22,25)/t12-,13-/m0/s1. The van der Waals surface area contributed by atoms with E-state index in [-0.39, 0.29) is 35.9 Å². The largest absolute Gasteiger partial charge is 0.478 e. The van der Waals surface area contributed by atoms with Crippen LogP contribution in [0, 0.1) is 0 Å². The van der Waals surface area contributed by atoms with Crippen molar-refractivity contribution < 1.29 is 19.1 Å². The number of carbonyl (C=O) groups is 2. The molecule has 138 valence electrons. The number of nitrogens with zero attached hydrogens (tertiary/aromatic N) is 1. The second kappa shape index (κ2) is 7.44. The Kier molecular flexibility index (Phi) is 5.08. The predicted molar refractivity (Wildman–Crippen MR) is 94.3 cm³/mol. The number of carboxylic acids is 1. The van der Waals surface area contributed by atoms with Crippen molar-refractivity contribution in [3.63, 3.8) is 0 Å². The predicted octanol–water partition coefficient (Wildman–Crippen LogP) is 1.30. The molecule has 2 amide bonds. The molecule has 0 bridgehead atoms. The van der Waals surface area contributed by atoms with E-state index in [1.165, 1.54) is 12.4 Å². The van der Waals surface area contributed by atoms with Crippen molar-refractivity contribution in [1.82, 2.24) is 15.6 Å². The molecular weight excluding hydrogens is 338 g/mol. The third-order valence-corrected chi connectivity index (χ3v) is 4.45. The molecule has 0 saturated heterocycles. The molecule has 0 aromatic carbocycles. The molecule has 9 nitrogen and oxygen atoms in total. The van der Waals surface area contributed by atoms with Crippen LogP contribution in [0.15, 0.2) is 28.9 Å². The number of amides is 2. The Morgan fingerprint density at radius 3 is 2.81 bits per heavy atom. The molecule has 26 heavy (non-hydrogen) atoms. The molecule has 9 heteroatoms. The number of pyridine rings is 1. The first-order valence-corrected chi connectivity index (χ1v) is 8.31. The van der Waals surface area contributed by atoms with E-state index < -0.39 is 5.97 Å². The second-order valence-corrected chi connectivity index (χ2v) is 6.25. The van der Waals surface area contributed by atoms with Crippen molar-refractivity contribution in [3.8, 4) is 11.3 Å². The average molecular weight is 359 g/mol. The number of carbonyl (C=O) groups excluding carboxylic acids is 1. The first-order chi connectivity index (χ1) is 12.5. The van der Waals surface area contributed by atoms with E-state index in [4.69, 9.17) is 21.0 Å². The topological polar surface area (TPSA) is 156 Å². The molecule has 1 fully saturated rings. The van der Waals surface area contributed by atoms with E-state index in [1.807, 2.05) is 0 Å². The van der Waals surface area contributed by atoms with Gasteiger partial charge in [-0.15, -0.1) is 0 Å². The van der Waals surface area contributed by atoms with Crippen LogP contribution in [-0.4, -0.2) is 34.2 Å². The normalized spacial score (nSPS) is 19.3. The number of carboxylic acid groups (broad SMARTS) is 1. The summed E-state index contributed by atoms with van der Waals surface area (Å²) in [6, 6.07) is 3.02. The summed E-state index contributed by atoms with van der Waals surface area (Å²) >= 11 is 0. The summed E-state index contributed by atoms with van der Waals surface area (Å²) < 4.78 is 5.65. The fraction of sp³-hybridized carbons (Fsp3) is 0.353. The van der Waals surface area contributed by atoms with Gasteiger partial charge in [0.15, 0.2) is 0 Å². The van der Waals surface area contributed by atoms with E-state index in [2.05, 4.69) is 15.6 Å². The number of furan rings is 1. The van der Waals surface area contributed by atoms with Crippen LogP contribution in [-0.2, 0) is 6.54 Å². The highest BCUT2D eigenvalue weighted by atomic mass is 16.4. The van der Waals surface area contributed by atoms with E-state index in [0.29, 0.717) is 17.1 Å². The Morgan fingerprint density at radius 1 is 1.31 bits per heavy atom. The van der Waals surface area contributed by atoms with Crippen molar-refractivity contribution in [3.05, 3.63) is 35.9 Å². The zero-order valence-corrected chi connectivity index (χ0v) is 14.1. The quantitative estimate of drug-likeness (QED) is 0.538. The van der Waals surface area contributed by atoms with Gasteiger partial charge in [-0.3, -0.25) is 4.98 Å². The molecule has 0 spiro atoms. The van der Waals surface area contributed by atoms with Crippen LogP contribution in [0.4, 0.5) is 10.5 Å². The number of urea groups is 1. The molecule has 0 radical (unpaired) electrons. The van der Waals surface area contributed by atoms with Crippen LogP contribution in [0.25, 0.3) is 11.3 Å². The summed E-state index contributed by atoms with van der Waals surface area (Å²) in [4.78, 5) is 27.0. The van der Waals surface area contributed by atoms with Crippen LogP contribution in [0.1, 0.15) is 35.4 Å². The van der Waals surface area contributed by atoms with Gasteiger partial charge >= 0.3 is 12.0 Å². The highest BCUT2D eigenvalue weighted by Crippen LogP contribution is 2.29. The first-order valence-electron chi connectivity index (χ1n) is 8.31. The van der Waals surface area contributed by atoms with E-state index in [1.54, 1.807) is 12.1 Å². The van der Waals surface area contributed by atoms with Gasteiger partial charge in [-0.05, 0) is 31.4 Å². The number of aromatic carboxylic acids is 1. The van der Waals surface area contributed by atoms with Gasteiger partial charge in [0.05, 0.1) is 17.8 Å². The summed E-state index contributed by atoms with van der Waals surface area (Å²) in [5.74, 6) is -0.272. The Hall–Kier alpha value is -3.07. The molecule has 1 saturated carbocycles. The molecule has 2 atom stereocenters. The fourth-order valence-electron chi connectivity index (χ4n) is 3.01. The highest BCUT2D eigenvalue weighted by Gasteiger charge is 2.25. The number of nitrogens with two attached hydrogens (primary N) is 2. The molecular formula is C17H21N5O4. The number of nitrogens with one attached hydrogen (secondary N) is 2. The number of hydrogen-bond donors (Lipinski definition) is 5. The molecule has 1 aliphatic rings. The summed E-state index contributed by atoms with van der Waals surface area (Å²) in [6.45, 7) is 0.180. The molecule has 3 rings (SSSR count). The Bertz CT molecular complexity index is 819. The maximum atomic E-state index is 12.0. The Balaban J connectivity index is 1.62. The van der Waals surface area contributed by atoms with Crippen LogP contribution >= 0.6 is 0 Å². The van der Waals surface area contributed by atoms with Crippen molar-refractivity contribution in [2.24, 2.45) is 5.73 Å². The minimum Gasteiger partial charge on any atom is -0.478 e. The molecule has 0 aliphatic heterocycles. The monoisotopic (exact) mass is 359 g/mol. The van der Waals surface area contributed by atoms with Gasteiger partial charge < -0.3 is 31.6 Å². The second-order valence-electron chi connectivity index (χ2n) is 6.25. The summed E-state index contributed by atoms with van der Waals surface area (Å²) in [6.07, 6.45) is 5.43. The zero-order valence-electron chi connectivity index (χ0n) is 14.1. The molecule has 2 aromatic heterocycles. The van der Waals surface area contributed by atoms with Crippen LogP contribution in [0.2, 0.25) is 0 Å². The molecule has 0 unspecified atom stereocenters. The minimum absolute atomic E-state index is 0.00653. The number of rotatable bonds is 5. The minimum atomic E-state index is -1.16. The van der Waals surface area contributed by atoms with Crippen molar-refractivity contribution in [2.75, 3.05) is 5.73 Å². The number of aromatic nitrogens is 1. The molecule has 2 heterocycles. The van der Waals surface area contributed by atoms with E-state index >= 15 is 0 Å². The van der Waals surface area contributed by atoms with Gasteiger partial charge in [0.25, 0.3) is 0 Å². The van der Waals surface area contributed by atoms with Gasteiger partial charge in [-0.25, -0.2) is 9.59 Å². The lowest BCUT2D eigenvalue weighted by Gasteiger charge is -2.17. The van der Waals surface area contributed by atoms with Gasteiger partial charge in [-0.2, -0.15) is 0 Å². The van der Waals surface area contributed by atoms with Crippen molar-refractivity contribution >= 4 is 17.7 Å². The summed E-state index contributed by atoms with van der Waals surface area (Å²) in [5.41, 5.74) is 12.2. The zero-order chi connectivity index (χ0) is 18.7. The third-order valence-electron chi connectivity index (χ3n) is 4.45. The van der Waals surface area contributed by atoms with Gasteiger partial charge in [0.1, 0.15) is 17.1 Å². The third kappa shape index (κ3) is 3.77. The maximum Gasteiger partial charge on any atom is 0.339 e. The van der Waals surface area contributed by atoms with Crippen molar-refractivity contribution in [2.45, 2.75) is 37.9 Å². The van der Waals surface area contributed by atoms with Gasteiger partial charge in [-0.1, -0.05) is 0 Å². The molecule has 7 N–H and O–H groups in total. The lowest BCUT2D eigenvalue weighted by molar-refractivity contribution is 0.0697. The van der Waals surface area contributed by atoms with Crippen LogP contribution < -0.4 is 22.1 Å². The Labute approximate surface area is 149 Å². The SMILES string of the molecule is Nc1c(C(=O)O)cncc1-c1ccc(CNC(=O)N[C@H]2CCC[C@@H]2N)o1. The van der Waals surface area contributed by atoms with E-state index in [0.717, 1.165) is 19.3 Å². The van der Waals surface area contributed by atoms with Crippen molar-refractivity contribution in [1.29, 1.82) is 0 Å². The number of nitrogen functional groups attached to an aromatic ring is 1. The fourth-order valence-corrected chi connectivity index (χ4v) is 3.01. The highest BCUT2D eigenvalue weighted by molar-refractivity contribution is 5.97. The summed E-state index contributed by atoms with van der Waals surface area (Å²) in [5, 5.41) is 14.7. The van der Waals surface area contributed by atoms with E-state index in [9.17, 15) is 9.59 Å². The van der Waals surface area contributed by atoms with Crippen LogP contribution in [0.5, 0.6) is 0 Å². The molecule has 2 aromatic rings. The molecule has 1 aliphatic carbocycles. The first kappa shape index (κ1) is 17.7. The smallest absolute Gasteiger partial charge is 0.339 e. The van der Waals surface area contributed by atoms with Gasteiger partial charge in [0.2, 0.25) is 0 Å². The number of anilines is 1. The van der Waals surface area contributed by atoms with Crippen LogP contribution in [0.3, 0.4) is 0 Å².